The zero-order chi connectivity index (χ0) is 17.6. The molecule has 1 aromatic carbocycles. The van der Waals surface area contributed by atoms with Gasteiger partial charge < -0.3 is 14.8 Å². The van der Waals surface area contributed by atoms with Crippen molar-refractivity contribution in [3.8, 4) is 5.75 Å². The minimum Gasteiger partial charge on any atom is -0.482 e. The molecular weight excluding hydrogens is 320 g/mol. The van der Waals surface area contributed by atoms with Crippen LogP contribution in [0.4, 0.5) is 0 Å². The Labute approximate surface area is 144 Å². The summed E-state index contributed by atoms with van der Waals surface area (Å²) in [6.45, 7) is 1.02. The van der Waals surface area contributed by atoms with E-state index in [9.17, 15) is 9.90 Å². The number of aromatic nitrogens is 2. The number of fused-ring (bicyclic) bond motifs is 1. The van der Waals surface area contributed by atoms with Crippen molar-refractivity contribution in [2.45, 2.75) is 6.92 Å². The smallest absolute Gasteiger partial charge is 0.282 e. The van der Waals surface area contributed by atoms with Crippen LogP contribution in [0.25, 0.3) is 10.9 Å². The van der Waals surface area contributed by atoms with Crippen LogP contribution in [0.15, 0.2) is 53.9 Å². The molecule has 0 saturated heterocycles. The van der Waals surface area contributed by atoms with Gasteiger partial charge in [-0.2, -0.15) is 5.10 Å². The highest BCUT2D eigenvalue weighted by Crippen LogP contribution is 2.16. The van der Waals surface area contributed by atoms with Crippen molar-refractivity contribution in [1.82, 2.24) is 15.0 Å². The highest BCUT2D eigenvalue weighted by atomic mass is 16.5. The molecule has 7 heteroatoms. The van der Waals surface area contributed by atoms with Crippen LogP contribution >= 0.6 is 0 Å². The molecule has 0 fully saturated rings. The van der Waals surface area contributed by atoms with E-state index < -0.39 is 12.6 Å². The molecule has 0 aliphatic heterocycles. The number of pyridine rings is 1. The van der Waals surface area contributed by atoms with Gasteiger partial charge in [0.2, 0.25) is 0 Å². The number of carbonyl (C=O) groups excluding carboxylic acids is 1. The lowest BCUT2D eigenvalue weighted by Crippen LogP contribution is -2.31. The Hall–Kier alpha value is -3.19. The molecule has 0 spiro atoms. The number of aliphatic hydroxyl groups excluding tert-OH is 1. The molecule has 128 valence electrons. The van der Waals surface area contributed by atoms with Crippen LogP contribution in [0, 0.1) is 6.92 Å². The number of hydrazone groups is 1. The lowest BCUT2D eigenvalue weighted by atomic mass is 10.1. The second-order valence-corrected chi connectivity index (χ2v) is 5.34. The van der Waals surface area contributed by atoms with E-state index in [4.69, 9.17) is 4.74 Å². The molecule has 2 heterocycles. The molecule has 2 aromatic heterocycles. The van der Waals surface area contributed by atoms with Gasteiger partial charge in [-0.25, -0.2) is 5.01 Å². The third-order valence-electron chi connectivity index (χ3n) is 3.70. The molecule has 3 aromatic rings. The number of hydrogen-bond acceptors (Lipinski definition) is 5. The molecule has 1 amide bonds. The van der Waals surface area contributed by atoms with Gasteiger partial charge in [0, 0.05) is 28.9 Å². The summed E-state index contributed by atoms with van der Waals surface area (Å²) in [5.74, 6) is 0.0676. The highest BCUT2D eigenvalue weighted by Gasteiger charge is 2.13. The molecule has 3 rings (SSSR count). The molecule has 0 atom stereocenters. The Morgan fingerprint density at radius 3 is 3.04 bits per heavy atom. The van der Waals surface area contributed by atoms with E-state index in [-0.39, 0.29) is 6.61 Å². The molecule has 25 heavy (non-hydrogen) atoms. The predicted molar refractivity (Wildman–Crippen MR) is 94.3 cm³/mol. The summed E-state index contributed by atoms with van der Waals surface area (Å²) in [6.07, 6.45) is 5.02. The quantitative estimate of drug-likeness (QED) is 0.409. The summed E-state index contributed by atoms with van der Waals surface area (Å²) in [5, 5.41) is 15.4. The molecule has 2 N–H and O–H groups in total. The van der Waals surface area contributed by atoms with Crippen molar-refractivity contribution in [3.05, 3.63) is 60.0 Å². The summed E-state index contributed by atoms with van der Waals surface area (Å²) < 4.78 is 5.45. The maximum atomic E-state index is 12.2. The van der Waals surface area contributed by atoms with Crippen molar-refractivity contribution in [1.29, 1.82) is 0 Å². The van der Waals surface area contributed by atoms with Gasteiger partial charge in [0.05, 0.1) is 11.9 Å². The maximum Gasteiger partial charge on any atom is 0.282 e. The zero-order valence-corrected chi connectivity index (χ0v) is 13.7. The standard InChI is InChI=1S/C18H18N4O3/c1-13-17(6-3-8-19-13)25-11-18(24)22(12-23)21-10-14-4-2-5-16-15(14)7-9-20-16/h2-10,20,23H,11-12H2,1H3. The molecule has 0 aliphatic rings. The summed E-state index contributed by atoms with van der Waals surface area (Å²) in [6, 6.07) is 11.1. The van der Waals surface area contributed by atoms with Crippen molar-refractivity contribution in [2.75, 3.05) is 13.3 Å². The van der Waals surface area contributed by atoms with Gasteiger partial charge in [-0.1, -0.05) is 12.1 Å². The van der Waals surface area contributed by atoms with Gasteiger partial charge in [-0.05, 0) is 31.2 Å². The number of aliphatic hydroxyl groups is 1. The summed E-state index contributed by atoms with van der Waals surface area (Å²) in [7, 11) is 0. The molecular formula is C18H18N4O3. The molecule has 0 aliphatic carbocycles. The van der Waals surface area contributed by atoms with Gasteiger partial charge in [-0.3, -0.25) is 9.78 Å². The van der Waals surface area contributed by atoms with Gasteiger partial charge >= 0.3 is 0 Å². The number of ether oxygens (including phenoxy) is 1. The van der Waals surface area contributed by atoms with Crippen LogP contribution < -0.4 is 4.74 Å². The number of aryl methyl sites for hydroxylation is 1. The van der Waals surface area contributed by atoms with E-state index in [1.807, 2.05) is 30.5 Å². The average molecular weight is 338 g/mol. The van der Waals surface area contributed by atoms with E-state index in [0.29, 0.717) is 11.4 Å². The van der Waals surface area contributed by atoms with E-state index in [1.165, 1.54) is 0 Å². The van der Waals surface area contributed by atoms with E-state index >= 15 is 0 Å². The first kappa shape index (κ1) is 16.7. The molecule has 0 saturated carbocycles. The van der Waals surface area contributed by atoms with Gasteiger partial charge in [0.1, 0.15) is 12.5 Å². The summed E-state index contributed by atoms with van der Waals surface area (Å²) in [4.78, 5) is 19.4. The first-order valence-electron chi connectivity index (χ1n) is 7.75. The van der Waals surface area contributed by atoms with Crippen LogP contribution in [0.1, 0.15) is 11.3 Å². The Balaban J connectivity index is 1.68. The van der Waals surface area contributed by atoms with Crippen molar-refractivity contribution in [2.24, 2.45) is 5.10 Å². The third-order valence-corrected chi connectivity index (χ3v) is 3.70. The van der Waals surface area contributed by atoms with E-state index in [0.717, 1.165) is 21.5 Å². The molecule has 0 bridgehead atoms. The third kappa shape index (κ3) is 3.84. The summed E-state index contributed by atoms with van der Waals surface area (Å²) in [5.41, 5.74) is 2.50. The normalized spacial score (nSPS) is 11.1. The lowest BCUT2D eigenvalue weighted by Gasteiger charge is -2.14. The molecule has 0 unspecified atom stereocenters. The number of nitrogens with one attached hydrogen (secondary N) is 1. The van der Waals surface area contributed by atoms with Gasteiger partial charge in [0.15, 0.2) is 6.61 Å². The minimum absolute atomic E-state index is 0.237. The first-order chi connectivity index (χ1) is 12.2. The van der Waals surface area contributed by atoms with E-state index in [1.54, 1.807) is 31.5 Å². The van der Waals surface area contributed by atoms with Crippen LogP contribution in [0.3, 0.4) is 0 Å². The second-order valence-electron chi connectivity index (χ2n) is 5.34. The SMILES string of the molecule is Cc1ncccc1OCC(=O)N(CO)N=Cc1cccc2[nH]ccc12. The number of rotatable bonds is 6. The highest BCUT2D eigenvalue weighted by molar-refractivity contribution is 5.98. The number of aromatic amines is 1. The van der Waals surface area contributed by atoms with Crippen molar-refractivity contribution in [3.63, 3.8) is 0 Å². The fourth-order valence-electron chi connectivity index (χ4n) is 2.37. The monoisotopic (exact) mass is 338 g/mol. The number of hydrogen-bond donors (Lipinski definition) is 2. The van der Waals surface area contributed by atoms with Crippen LogP contribution in [-0.2, 0) is 4.79 Å². The van der Waals surface area contributed by atoms with Gasteiger partial charge in [0.25, 0.3) is 5.91 Å². The fraction of sp³-hybridized carbons (Fsp3) is 0.167. The number of amides is 1. The van der Waals surface area contributed by atoms with Crippen LogP contribution in [-0.4, -0.2) is 45.5 Å². The minimum atomic E-state index is -0.534. The number of nitrogens with zero attached hydrogens (tertiary/aromatic N) is 3. The van der Waals surface area contributed by atoms with E-state index in [2.05, 4.69) is 15.1 Å². The molecule has 7 nitrogen and oxygen atoms in total. The van der Waals surface area contributed by atoms with Crippen molar-refractivity contribution >= 4 is 23.0 Å². The Morgan fingerprint density at radius 2 is 2.24 bits per heavy atom. The largest absolute Gasteiger partial charge is 0.482 e. The van der Waals surface area contributed by atoms with Gasteiger partial charge in [-0.15, -0.1) is 0 Å². The fourth-order valence-corrected chi connectivity index (χ4v) is 2.37. The summed E-state index contributed by atoms with van der Waals surface area (Å²) >= 11 is 0. The zero-order valence-electron chi connectivity index (χ0n) is 13.7. The predicted octanol–water partition coefficient (Wildman–Crippen LogP) is 2.06. The van der Waals surface area contributed by atoms with Crippen LogP contribution in [0.2, 0.25) is 0 Å². The average Bonchev–Trinajstić information content (AvgIpc) is 3.11. The Bertz CT molecular complexity index is 904. The topological polar surface area (TPSA) is 90.8 Å². The Morgan fingerprint density at radius 1 is 1.36 bits per heavy atom. The molecule has 0 radical (unpaired) electrons. The number of H-pyrrole nitrogens is 1. The lowest BCUT2D eigenvalue weighted by molar-refractivity contribution is -0.137. The Kier molecular flexibility index (Phi) is 5.06. The van der Waals surface area contributed by atoms with Crippen LogP contribution in [0.5, 0.6) is 5.75 Å². The van der Waals surface area contributed by atoms with Crippen molar-refractivity contribution < 1.29 is 14.6 Å². The second kappa shape index (κ2) is 7.59. The first-order valence-corrected chi connectivity index (χ1v) is 7.75. The number of benzene rings is 1. The number of carbonyl (C=O) groups is 1. The maximum absolute atomic E-state index is 12.2.